The second-order valence-corrected chi connectivity index (χ2v) is 15.5. The Kier molecular flexibility index (Phi) is 9.12. The van der Waals surface area contributed by atoms with E-state index in [1.54, 1.807) is 0 Å². The molecule has 0 fully saturated rings. The normalized spacial score (nSPS) is 13.0. The first-order valence-corrected chi connectivity index (χ1v) is 20.7. The molecule has 0 radical (unpaired) electrons. The van der Waals surface area contributed by atoms with Crippen molar-refractivity contribution in [2.45, 2.75) is 19.4 Å². The van der Waals surface area contributed by atoms with Crippen molar-refractivity contribution in [2.75, 3.05) is 0 Å². The van der Waals surface area contributed by atoms with Gasteiger partial charge in [0.2, 0.25) is 0 Å². The minimum Gasteiger partial charge on any atom is -0.460 e. The summed E-state index contributed by atoms with van der Waals surface area (Å²) in [6.07, 6.45) is 6.32. The van der Waals surface area contributed by atoms with Crippen molar-refractivity contribution in [3.05, 3.63) is 210 Å². The first-order valence-electron chi connectivity index (χ1n) is 20.7. The Morgan fingerprint density at radius 1 is 0.525 bits per heavy atom. The molecular formula is C56H39N3O2. The maximum Gasteiger partial charge on any atom is 0.161 e. The van der Waals surface area contributed by atoms with E-state index in [1.807, 2.05) is 72.8 Å². The third kappa shape index (κ3) is 6.67. The Labute approximate surface area is 353 Å². The number of allylic oxidation sites excluding steroid dienone is 1. The SMILES string of the molecule is C=NC(=NC(=NCc1cc(-c2cc(-c3cccc4oc5ccccc5c34)cc3oc4c(c23)C=CCC4)c2ccccc2c1)c1ccccc1)c1cccc(-c2ccccc2)c1. The number of aryl methyl sites for hydroxylation is 1. The van der Waals surface area contributed by atoms with Gasteiger partial charge in [0.15, 0.2) is 11.7 Å². The first kappa shape index (κ1) is 36.2. The zero-order valence-corrected chi connectivity index (χ0v) is 33.4. The first-order chi connectivity index (χ1) is 30.2. The molecule has 10 aromatic rings. The van der Waals surface area contributed by atoms with Crippen LogP contribution >= 0.6 is 0 Å². The summed E-state index contributed by atoms with van der Waals surface area (Å²) in [6, 6.07) is 61.0. The summed E-state index contributed by atoms with van der Waals surface area (Å²) >= 11 is 0. The fraction of sp³-hybridized carbons (Fsp3) is 0.0536. The molecule has 11 rings (SSSR count). The number of amidine groups is 2. The average molecular weight is 786 g/mol. The maximum absolute atomic E-state index is 6.76. The summed E-state index contributed by atoms with van der Waals surface area (Å²) in [6.45, 7) is 4.33. The van der Waals surface area contributed by atoms with Gasteiger partial charge in [-0.15, -0.1) is 0 Å². The number of fused-ring (bicyclic) bond motifs is 7. The molecule has 1 aliphatic rings. The number of nitrogens with zero attached hydrogens (tertiary/aromatic N) is 3. The lowest BCUT2D eigenvalue weighted by Crippen LogP contribution is -2.05. The third-order valence-corrected chi connectivity index (χ3v) is 11.7. The van der Waals surface area contributed by atoms with Gasteiger partial charge in [-0.2, -0.15) is 0 Å². The number of hydrogen-bond donors (Lipinski definition) is 0. The molecule has 290 valence electrons. The van der Waals surface area contributed by atoms with Crippen molar-refractivity contribution in [1.29, 1.82) is 0 Å². The zero-order valence-electron chi connectivity index (χ0n) is 33.4. The number of furan rings is 2. The van der Waals surface area contributed by atoms with Gasteiger partial charge in [-0.05, 0) is 105 Å². The molecule has 2 aromatic heterocycles. The summed E-state index contributed by atoms with van der Waals surface area (Å²) in [5, 5.41) is 5.61. The van der Waals surface area contributed by atoms with Gasteiger partial charge < -0.3 is 8.83 Å². The molecule has 0 aliphatic heterocycles. The molecule has 1 aliphatic carbocycles. The molecule has 5 heteroatoms. The molecule has 8 aromatic carbocycles. The lowest BCUT2D eigenvalue weighted by Gasteiger charge is -2.14. The number of para-hydroxylation sites is 1. The minimum atomic E-state index is 0.395. The highest BCUT2D eigenvalue weighted by atomic mass is 16.3. The summed E-state index contributed by atoms with van der Waals surface area (Å²) < 4.78 is 13.1. The van der Waals surface area contributed by atoms with Crippen molar-refractivity contribution in [2.24, 2.45) is 15.0 Å². The van der Waals surface area contributed by atoms with Crippen LogP contribution in [0.4, 0.5) is 0 Å². The Hall–Kier alpha value is -7.89. The lowest BCUT2D eigenvalue weighted by atomic mass is 9.88. The van der Waals surface area contributed by atoms with E-state index in [-0.39, 0.29) is 0 Å². The predicted molar refractivity (Wildman–Crippen MR) is 254 cm³/mol. The van der Waals surface area contributed by atoms with Crippen molar-refractivity contribution in [3.63, 3.8) is 0 Å². The van der Waals surface area contributed by atoms with Crippen LogP contribution in [0.3, 0.4) is 0 Å². The van der Waals surface area contributed by atoms with E-state index >= 15 is 0 Å². The van der Waals surface area contributed by atoms with Crippen molar-refractivity contribution < 1.29 is 8.83 Å². The Balaban J connectivity index is 1.08. The maximum atomic E-state index is 6.76. The van der Waals surface area contributed by atoms with Crippen LogP contribution in [0.5, 0.6) is 0 Å². The Bertz CT molecular complexity index is 3400. The molecule has 0 spiro atoms. The van der Waals surface area contributed by atoms with Crippen molar-refractivity contribution in [3.8, 4) is 33.4 Å². The van der Waals surface area contributed by atoms with E-state index in [0.29, 0.717) is 18.2 Å². The topological polar surface area (TPSA) is 63.4 Å². The fourth-order valence-electron chi connectivity index (χ4n) is 8.85. The highest BCUT2D eigenvalue weighted by Crippen LogP contribution is 2.45. The molecule has 0 saturated heterocycles. The van der Waals surface area contributed by atoms with Gasteiger partial charge in [-0.1, -0.05) is 146 Å². The van der Waals surface area contributed by atoms with Gasteiger partial charge in [0, 0.05) is 39.3 Å². The molecule has 0 amide bonds. The molecule has 0 saturated carbocycles. The molecule has 2 heterocycles. The van der Waals surface area contributed by atoms with Gasteiger partial charge in [0.05, 0.1) is 6.54 Å². The third-order valence-electron chi connectivity index (χ3n) is 11.7. The highest BCUT2D eigenvalue weighted by molar-refractivity contribution is 6.16. The van der Waals surface area contributed by atoms with Gasteiger partial charge in [0.1, 0.15) is 22.5 Å². The molecular weight excluding hydrogens is 747 g/mol. The van der Waals surface area contributed by atoms with E-state index in [1.165, 1.54) is 0 Å². The van der Waals surface area contributed by atoms with E-state index in [0.717, 1.165) is 118 Å². The monoisotopic (exact) mass is 785 g/mol. The van der Waals surface area contributed by atoms with Crippen LogP contribution in [0.25, 0.3) is 83.1 Å². The highest BCUT2D eigenvalue weighted by Gasteiger charge is 2.23. The summed E-state index contributed by atoms with van der Waals surface area (Å²) in [7, 11) is 0. The van der Waals surface area contributed by atoms with Crippen LogP contribution in [-0.2, 0) is 13.0 Å². The lowest BCUT2D eigenvalue weighted by molar-refractivity contribution is 0.546. The quantitative estimate of drug-likeness (QED) is 0.119. The van der Waals surface area contributed by atoms with Gasteiger partial charge in [-0.25, -0.2) is 9.98 Å². The standard InChI is InChI=1S/C56H39N3O2/c1-57-55(41-22-14-21-39(32-41)37-16-4-2-5-17-37)59-56(38-18-6-3-7-19-38)58-35-36-30-40-20-8-9-23-43(40)47(31-36)48-33-42(34-52-54(48)46-25-11-13-28-50(46)61-52)44-26-15-29-51-53(44)45-24-10-12-27-49(45)60-51/h2-12,14-27,29-34H,1,13,28,35H2. The van der Waals surface area contributed by atoms with Gasteiger partial charge in [0.25, 0.3) is 0 Å². The minimum absolute atomic E-state index is 0.395. The number of benzene rings is 8. The van der Waals surface area contributed by atoms with E-state index in [2.05, 4.69) is 127 Å². The van der Waals surface area contributed by atoms with E-state index in [4.69, 9.17) is 18.8 Å². The van der Waals surface area contributed by atoms with Crippen LogP contribution in [0.15, 0.2) is 206 Å². The second kappa shape index (κ2) is 15.4. The number of rotatable bonds is 7. The smallest absolute Gasteiger partial charge is 0.161 e. The van der Waals surface area contributed by atoms with Crippen LogP contribution in [0, 0.1) is 0 Å². The molecule has 61 heavy (non-hydrogen) atoms. The Morgan fingerprint density at radius 3 is 2.13 bits per heavy atom. The second-order valence-electron chi connectivity index (χ2n) is 15.5. The molecule has 0 N–H and O–H groups in total. The van der Waals surface area contributed by atoms with Crippen molar-refractivity contribution >= 4 is 68.1 Å². The molecule has 0 bridgehead atoms. The fourth-order valence-corrected chi connectivity index (χ4v) is 8.85. The van der Waals surface area contributed by atoms with Crippen molar-refractivity contribution in [1.82, 2.24) is 0 Å². The zero-order chi connectivity index (χ0) is 40.7. The number of aliphatic imine (C=N–C) groups is 3. The summed E-state index contributed by atoms with van der Waals surface area (Å²) in [4.78, 5) is 14.8. The van der Waals surface area contributed by atoms with E-state index < -0.39 is 0 Å². The van der Waals surface area contributed by atoms with Crippen LogP contribution in [0.2, 0.25) is 0 Å². The van der Waals surface area contributed by atoms with Crippen LogP contribution < -0.4 is 0 Å². The number of hydrogen-bond acceptors (Lipinski definition) is 3. The molecule has 0 unspecified atom stereocenters. The summed E-state index contributed by atoms with van der Waals surface area (Å²) in [5.41, 5.74) is 13.2. The average Bonchev–Trinajstić information content (AvgIpc) is 3.90. The largest absolute Gasteiger partial charge is 0.460 e. The van der Waals surface area contributed by atoms with Crippen LogP contribution in [-0.4, -0.2) is 18.4 Å². The Morgan fingerprint density at radius 2 is 1.26 bits per heavy atom. The molecule has 5 nitrogen and oxygen atoms in total. The summed E-state index contributed by atoms with van der Waals surface area (Å²) in [5.74, 6) is 2.12. The van der Waals surface area contributed by atoms with Gasteiger partial charge >= 0.3 is 0 Å². The predicted octanol–water partition coefficient (Wildman–Crippen LogP) is 14.5. The van der Waals surface area contributed by atoms with Gasteiger partial charge in [-0.3, -0.25) is 4.99 Å². The van der Waals surface area contributed by atoms with Crippen LogP contribution in [0.1, 0.15) is 34.4 Å². The van der Waals surface area contributed by atoms with E-state index in [9.17, 15) is 0 Å². The molecule has 0 atom stereocenters.